The normalized spacial score (nSPS) is 26.4. The third-order valence-electron chi connectivity index (χ3n) is 4.40. The van der Waals surface area contributed by atoms with Crippen molar-refractivity contribution in [1.29, 1.82) is 0 Å². The van der Waals surface area contributed by atoms with E-state index in [9.17, 15) is 13.2 Å². The van der Waals surface area contributed by atoms with Gasteiger partial charge in [-0.2, -0.15) is 13.2 Å². The molecule has 1 nitrogen and oxygen atoms in total. The summed E-state index contributed by atoms with van der Waals surface area (Å²) < 4.78 is 37.4. The van der Waals surface area contributed by atoms with E-state index in [2.05, 4.69) is 19.2 Å². The molecule has 1 saturated carbocycles. The van der Waals surface area contributed by atoms with Gasteiger partial charge in [0, 0.05) is 12.5 Å². The SMILES string of the molecule is CCCNC(CCC(F)(F)F)C1CCCCC1CC. The first-order chi connectivity index (χ1) is 8.98. The van der Waals surface area contributed by atoms with Crippen LogP contribution in [0.3, 0.4) is 0 Å². The molecule has 1 fully saturated rings. The molecule has 1 aliphatic carbocycles. The van der Waals surface area contributed by atoms with Crippen molar-refractivity contribution in [2.75, 3.05) is 6.54 Å². The van der Waals surface area contributed by atoms with Crippen LogP contribution in [0.25, 0.3) is 0 Å². The Kier molecular flexibility index (Phi) is 7.19. The zero-order valence-electron chi connectivity index (χ0n) is 12.2. The van der Waals surface area contributed by atoms with E-state index in [0.29, 0.717) is 11.8 Å². The highest BCUT2D eigenvalue weighted by Gasteiger charge is 2.34. The predicted octanol–water partition coefficient (Wildman–Crippen LogP) is 4.91. The molecular formula is C15H28F3N. The molecule has 1 rings (SSSR count). The Hall–Kier alpha value is -0.250. The van der Waals surface area contributed by atoms with Gasteiger partial charge in [0.25, 0.3) is 0 Å². The standard InChI is InChI=1S/C15H28F3N/c1-3-11-19-14(9-10-15(16,17)18)13-8-6-5-7-12(13)4-2/h12-14,19H,3-11H2,1-2H3. The van der Waals surface area contributed by atoms with Gasteiger partial charge in [0.1, 0.15) is 0 Å². The van der Waals surface area contributed by atoms with Crippen molar-refractivity contribution in [2.45, 2.75) is 77.4 Å². The van der Waals surface area contributed by atoms with Gasteiger partial charge in [-0.05, 0) is 37.6 Å². The maximum Gasteiger partial charge on any atom is 0.389 e. The molecule has 0 aromatic carbocycles. The molecule has 0 amide bonds. The van der Waals surface area contributed by atoms with Crippen LogP contribution in [0.5, 0.6) is 0 Å². The minimum atomic E-state index is -4.03. The van der Waals surface area contributed by atoms with Crippen LogP contribution in [0.15, 0.2) is 0 Å². The minimum Gasteiger partial charge on any atom is -0.314 e. The Morgan fingerprint density at radius 1 is 1.16 bits per heavy atom. The molecule has 19 heavy (non-hydrogen) atoms. The van der Waals surface area contributed by atoms with Crippen molar-refractivity contribution in [1.82, 2.24) is 5.32 Å². The molecular weight excluding hydrogens is 251 g/mol. The summed E-state index contributed by atoms with van der Waals surface area (Å²) in [6.45, 7) is 5.06. The first-order valence-corrected chi connectivity index (χ1v) is 7.78. The molecule has 3 unspecified atom stereocenters. The molecule has 0 spiro atoms. The molecule has 1 aliphatic rings. The van der Waals surface area contributed by atoms with Crippen LogP contribution in [0.1, 0.15) is 65.2 Å². The van der Waals surface area contributed by atoms with Crippen LogP contribution in [0.4, 0.5) is 13.2 Å². The van der Waals surface area contributed by atoms with Gasteiger partial charge in [0.15, 0.2) is 0 Å². The van der Waals surface area contributed by atoms with E-state index in [1.165, 1.54) is 19.3 Å². The van der Waals surface area contributed by atoms with Gasteiger partial charge in [-0.15, -0.1) is 0 Å². The third kappa shape index (κ3) is 6.15. The maximum absolute atomic E-state index is 12.5. The summed E-state index contributed by atoms with van der Waals surface area (Å²) >= 11 is 0. The fraction of sp³-hybridized carbons (Fsp3) is 1.00. The molecule has 114 valence electrons. The summed E-state index contributed by atoms with van der Waals surface area (Å²) in [5.41, 5.74) is 0. The molecule has 1 N–H and O–H groups in total. The Morgan fingerprint density at radius 2 is 1.84 bits per heavy atom. The quantitative estimate of drug-likeness (QED) is 0.698. The number of rotatable bonds is 7. The summed E-state index contributed by atoms with van der Waals surface area (Å²) in [5, 5.41) is 3.38. The van der Waals surface area contributed by atoms with Gasteiger partial charge in [-0.25, -0.2) is 0 Å². The molecule has 0 aliphatic heterocycles. The van der Waals surface area contributed by atoms with E-state index in [1.807, 2.05) is 0 Å². The lowest BCUT2D eigenvalue weighted by Crippen LogP contribution is -2.42. The lowest BCUT2D eigenvalue weighted by atomic mass is 9.73. The lowest BCUT2D eigenvalue weighted by Gasteiger charge is -2.37. The monoisotopic (exact) mass is 279 g/mol. The fourth-order valence-corrected chi connectivity index (χ4v) is 3.39. The molecule has 3 atom stereocenters. The average Bonchev–Trinajstić information content (AvgIpc) is 2.38. The van der Waals surface area contributed by atoms with Crippen molar-refractivity contribution in [3.05, 3.63) is 0 Å². The van der Waals surface area contributed by atoms with Crippen LogP contribution >= 0.6 is 0 Å². The van der Waals surface area contributed by atoms with Crippen LogP contribution in [0, 0.1) is 11.8 Å². The summed E-state index contributed by atoms with van der Waals surface area (Å²) in [5.74, 6) is 1.05. The molecule has 0 aromatic heterocycles. The molecule has 4 heteroatoms. The topological polar surface area (TPSA) is 12.0 Å². The fourth-order valence-electron chi connectivity index (χ4n) is 3.39. The van der Waals surface area contributed by atoms with Crippen LogP contribution < -0.4 is 5.32 Å². The van der Waals surface area contributed by atoms with Crippen molar-refractivity contribution in [3.63, 3.8) is 0 Å². The Labute approximate surface area is 115 Å². The molecule has 0 radical (unpaired) electrons. The van der Waals surface area contributed by atoms with Crippen LogP contribution in [0.2, 0.25) is 0 Å². The van der Waals surface area contributed by atoms with Crippen molar-refractivity contribution < 1.29 is 13.2 Å². The molecule has 0 aromatic rings. The summed E-state index contributed by atoms with van der Waals surface area (Å²) in [6, 6.07) is 0.0480. The summed E-state index contributed by atoms with van der Waals surface area (Å²) in [6.07, 6.45) is 2.35. The van der Waals surface area contributed by atoms with Crippen LogP contribution in [-0.4, -0.2) is 18.8 Å². The first kappa shape index (κ1) is 16.8. The van der Waals surface area contributed by atoms with Crippen molar-refractivity contribution >= 4 is 0 Å². The van der Waals surface area contributed by atoms with Crippen LogP contribution in [-0.2, 0) is 0 Å². The van der Waals surface area contributed by atoms with Gasteiger partial charge in [0.2, 0.25) is 0 Å². The van der Waals surface area contributed by atoms with E-state index in [-0.39, 0.29) is 12.5 Å². The Morgan fingerprint density at radius 3 is 2.42 bits per heavy atom. The zero-order chi connectivity index (χ0) is 14.3. The van der Waals surface area contributed by atoms with Gasteiger partial charge in [0.05, 0.1) is 0 Å². The van der Waals surface area contributed by atoms with E-state index >= 15 is 0 Å². The minimum absolute atomic E-state index is 0.0480. The van der Waals surface area contributed by atoms with E-state index in [0.717, 1.165) is 25.8 Å². The van der Waals surface area contributed by atoms with Gasteiger partial charge in [-0.1, -0.05) is 39.5 Å². The zero-order valence-corrected chi connectivity index (χ0v) is 12.2. The van der Waals surface area contributed by atoms with Crippen molar-refractivity contribution in [3.8, 4) is 0 Å². The van der Waals surface area contributed by atoms with E-state index < -0.39 is 12.6 Å². The summed E-state index contributed by atoms with van der Waals surface area (Å²) in [4.78, 5) is 0. The van der Waals surface area contributed by atoms with E-state index in [4.69, 9.17) is 0 Å². The third-order valence-corrected chi connectivity index (χ3v) is 4.40. The number of halogens is 3. The number of hydrogen-bond acceptors (Lipinski definition) is 1. The second-order valence-corrected chi connectivity index (χ2v) is 5.83. The number of nitrogens with one attached hydrogen (secondary N) is 1. The Balaban J connectivity index is 2.59. The maximum atomic E-state index is 12.5. The van der Waals surface area contributed by atoms with E-state index in [1.54, 1.807) is 0 Å². The van der Waals surface area contributed by atoms with Gasteiger partial charge < -0.3 is 5.32 Å². The lowest BCUT2D eigenvalue weighted by molar-refractivity contribution is -0.137. The highest BCUT2D eigenvalue weighted by Crippen LogP contribution is 2.36. The molecule has 0 heterocycles. The first-order valence-electron chi connectivity index (χ1n) is 7.78. The van der Waals surface area contributed by atoms with Crippen molar-refractivity contribution in [2.24, 2.45) is 11.8 Å². The summed E-state index contributed by atoms with van der Waals surface area (Å²) in [7, 11) is 0. The number of alkyl halides is 3. The molecule has 0 saturated heterocycles. The smallest absolute Gasteiger partial charge is 0.314 e. The molecule has 0 bridgehead atoms. The van der Waals surface area contributed by atoms with Gasteiger partial charge >= 0.3 is 6.18 Å². The Bertz CT molecular complexity index is 240. The highest BCUT2D eigenvalue weighted by molar-refractivity contribution is 4.85. The largest absolute Gasteiger partial charge is 0.389 e. The predicted molar refractivity (Wildman–Crippen MR) is 73.1 cm³/mol. The number of hydrogen-bond donors (Lipinski definition) is 1. The second kappa shape index (κ2) is 8.13. The second-order valence-electron chi connectivity index (χ2n) is 5.83. The average molecular weight is 279 g/mol. The van der Waals surface area contributed by atoms with Gasteiger partial charge in [-0.3, -0.25) is 0 Å². The highest BCUT2D eigenvalue weighted by atomic mass is 19.4.